The van der Waals surface area contributed by atoms with Gasteiger partial charge in [0.2, 0.25) is 0 Å². The number of halogens is 2. The largest absolute Gasteiger partial charge is 0.293 e. The van der Waals surface area contributed by atoms with E-state index >= 15 is 0 Å². The zero-order chi connectivity index (χ0) is 13.8. The van der Waals surface area contributed by atoms with E-state index in [-0.39, 0.29) is 6.04 Å². The lowest BCUT2D eigenvalue weighted by atomic mass is 10.2. The minimum Gasteiger partial charge on any atom is -0.293 e. The lowest BCUT2D eigenvalue weighted by Crippen LogP contribution is -2.22. The molecule has 0 saturated carbocycles. The number of nitrogens with zero attached hydrogens (tertiary/aromatic N) is 2. The van der Waals surface area contributed by atoms with E-state index in [0.717, 1.165) is 27.8 Å². The molecule has 0 amide bonds. The summed E-state index contributed by atoms with van der Waals surface area (Å²) in [4.78, 5) is 6.76. The van der Waals surface area contributed by atoms with Gasteiger partial charge in [-0.1, -0.05) is 29.8 Å². The molecule has 0 saturated heterocycles. The van der Waals surface area contributed by atoms with E-state index in [9.17, 15) is 0 Å². The Labute approximate surface area is 128 Å². The van der Waals surface area contributed by atoms with Gasteiger partial charge in [-0.15, -0.1) is 22.9 Å². The van der Waals surface area contributed by atoms with Crippen LogP contribution in [0.15, 0.2) is 29.6 Å². The minimum absolute atomic E-state index is 0.248. The van der Waals surface area contributed by atoms with E-state index in [1.807, 2.05) is 23.6 Å². The van der Waals surface area contributed by atoms with Gasteiger partial charge in [0.1, 0.15) is 5.01 Å². The first-order chi connectivity index (χ1) is 9.11. The third-order valence-electron chi connectivity index (χ3n) is 3.10. The van der Waals surface area contributed by atoms with Gasteiger partial charge < -0.3 is 0 Å². The summed E-state index contributed by atoms with van der Waals surface area (Å²) in [5.74, 6) is 0.470. The highest BCUT2D eigenvalue weighted by molar-refractivity contribution is 7.09. The summed E-state index contributed by atoms with van der Waals surface area (Å²) in [7, 11) is 2.08. The molecule has 1 aromatic heterocycles. The summed E-state index contributed by atoms with van der Waals surface area (Å²) >= 11 is 13.6. The number of hydrogen-bond acceptors (Lipinski definition) is 3. The normalized spacial score (nSPS) is 12.9. The summed E-state index contributed by atoms with van der Waals surface area (Å²) in [6, 6.07) is 8.18. The van der Waals surface area contributed by atoms with Crippen LogP contribution in [0.3, 0.4) is 0 Å². The quantitative estimate of drug-likeness (QED) is 0.742. The molecule has 0 bridgehead atoms. The topological polar surface area (TPSA) is 16.1 Å². The molecular weight excluding hydrogens is 299 g/mol. The standard InChI is InChI=1S/C14H16Cl2N2S/c1-10(14-17-12(7-15)9-19-14)18(2)8-11-5-3-4-6-13(11)16/h3-6,9-10H,7-8H2,1-2H3. The van der Waals surface area contributed by atoms with Crippen LogP contribution >= 0.6 is 34.5 Å². The molecule has 1 aromatic carbocycles. The zero-order valence-corrected chi connectivity index (χ0v) is 13.3. The third-order valence-corrected chi connectivity index (χ3v) is 4.81. The first kappa shape index (κ1) is 14.8. The predicted octanol–water partition coefficient (Wildman–Crippen LogP) is 4.73. The zero-order valence-electron chi connectivity index (χ0n) is 10.9. The van der Waals surface area contributed by atoms with Crippen molar-refractivity contribution in [3.63, 3.8) is 0 Å². The maximum absolute atomic E-state index is 6.19. The van der Waals surface area contributed by atoms with Crippen LogP contribution in [0, 0.1) is 0 Å². The first-order valence-corrected chi connectivity index (χ1v) is 7.85. The van der Waals surface area contributed by atoms with Crippen molar-refractivity contribution < 1.29 is 0 Å². The molecule has 0 aliphatic rings. The maximum atomic E-state index is 6.19. The van der Waals surface area contributed by atoms with Crippen molar-refractivity contribution in [2.75, 3.05) is 7.05 Å². The van der Waals surface area contributed by atoms with Crippen LogP contribution in [0.25, 0.3) is 0 Å². The fourth-order valence-corrected chi connectivity index (χ4v) is 3.16. The SMILES string of the molecule is CC(c1nc(CCl)cs1)N(C)Cc1ccccc1Cl. The van der Waals surface area contributed by atoms with Crippen molar-refractivity contribution in [2.24, 2.45) is 0 Å². The van der Waals surface area contributed by atoms with Gasteiger partial charge in [-0.05, 0) is 25.6 Å². The highest BCUT2D eigenvalue weighted by Gasteiger charge is 2.16. The third kappa shape index (κ3) is 3.69. The second-order valence-electron chi connectivity index (χ2n) is 4.49. The summed E-state index contributed by atoms with van der Waals surface area (Å²) < 4.78 is 0. The molecule has 1 heterocycles. The lowest BCUT2D eigenvalue weighted by molar-refractivity contribution is 0.252. The van der Waals surface area contributed by atoms with E-state index in [1.165, 1.54) is 0 Å². The number of thiazole rings is 1. The van der Waals surface area contributed by atoms with E-state index < -0.39 is 0 Å². The summed E-state index contributed by atoms with van der Waals surface area (Å²) in [6.45, 7) is 2.95. The van der Waals surface area contributed by atoms with E-state index in [2.05, 4.69) is 29.9 Å². The van der Waals surface area contributed by atoms with Gasteiger partial charge in [0.05, 0.1) is 17.6 Å². The lowest BCUT2D eigenvalue weighted by Gasteiger charge is -2.23. The van der Waals surface area contributed by atoms with Gasteiger partial charge in [0.25, 0.3) is 0 Å². The Hall–Kier alpha value is -0.610. The predicted molar refractivity (Wildman–Crippen MR) is 83.0 cm³/mol. The van der Waals surface area contributed by atoms with Crippen molar-refractivity contribution in [3.8, 4) is 0 Å². The van der Waals surface area contributed by atoms with Crippen LogP contribution in [-0.2, 0) is 12.4 Å². The molecule has 2 nitrogen and oxygen atoms in total. The van der Waals surface area contributed by atoms with Crippen LogP contribution < -0.4 is 0 Å². The van der Waals surface area contributed by atoms with Crippen LogP contribution in [0.2, 0.25) is 5.02 Å². The molecule has 1 unspecified atom stereocenters. The van der Waals surface area contributed by atoms with Crippen LogP contribution in [0.5, 0.6) is 0 Å². The second kappa shape index (κ2) is 6.71. The molecule has 0 N–H and O–H groups in total. The Balaban J connectivity index is 2.07. The van der Waals surface area contributed by atoms with E-state index in [0.29, 0.717) is 5.88 Å². The van der Waals surface area contributed by atoms with Crippen LogP contribution in [-0.4, -0.2) is 16.9 Å². The fourth-order valence-electron chi connectivity index (χ4n) is 1.80. The van der Waals surface area contributed by atoms with Gasteiger partial charge in [-0.3, -0.25) is 4.90 Å². The Morgan fingerprint density at radius 2 is 2.11 bits per heavy atom. The van der Waals surface area contributed by atoms with Crippen molar-refractivity contribution >= 4 is 34.5 Å². The Morgan fingerprint density at radius 3 is 2.74 bits per heavy atom. The summed E-state index contributed by atoms with van der Waals surface area (Å²) in [5.41, 5.74) is 2.08. The number of rotatable bonds is 5. The van der Waals surface area contributed by atoms with E-state index in [4.69, 9.17) is 23.2 Å². The van der Waals surface area contributed by atoms with E-state index in [1.54, 1.807) is 11.3 Å². The Morgan fingerprint density at radius 1 is 1.37 bits per heavy atom. The van der Waals surface area contributed by atoms with Crippen LogP contribution in [0.4, 0.5) is 0 Å². The summed E-state index contributed by atoms with van der Waals surface area (Å²) in [5, 5.41) is 3.91. The monoisotopic (exact) mass is 314 g/mol. The van der Waals surface area contributed by atoms with Gasteiger partial charge in [0.15, 0.2) is 0 Å². The molecule has 19 heavy (non-hydrogen) atoms. The number of alkyl halides is 1. The Bertz CT molecular complexity index is 542. The van der Waals surface area contributed by atoms with Crippen molar-refractivity contribution in [1.29, 1.82) is 0 Å². The smallest absolute Gasteiger partial charge is 0.110 e. The second-order valence-corrected chi connectivity index (χ2v) is 6.06. The van der Waals surface area contributed by atoms with Gasteiger partial charge in [0, 0.05) is 16.9 Å². The number of aromatic nitrogens is 1. The first-order valence-electron chi connectivity index (χ1n) is 6.05. The molecule has 0 fully saturated rings. The molecule has 2 rings (SSSR count). The highest BCUT2D eigenvalue weighted by atomic mass is 35.5. The molecule has 1 atom stereocenters. The average Bonchev–Trinajstić information content (AvgIpc) is 2.89. The van der Waals surface area contributed by atoms with Gasteiger partial charge >= 0.3 is 0 Å². The minimum atomic E-state index is 0.248. The fraction of sp³-hybridized carbons (Fsp3) is 0.357. The molecule has 0 aliphatic carbocycles. The number of benzene rings is 1. The van der Waals surface area contributed by atoms with Crippen molar-refractivity contribution in [2.45, 2.75) is 25.4 Å². The van der Waals surface area contributed by atoms with Gasteiger partial charge in [-0.25, -0.2) is 4.98 Å². The van der Waals surface area contributed by atoms with Crippen LogP contribution in [0.1, 0.15) is 29.2 Å². The average molecular weight is 315 g/mol. The Kier molecular flexibility index (Phi) is 5.22. The molecule has 0 aliphatic heterocycles. The highest BCUT2D eigenvalue weighted by Crippen LogP contribution is 2.26. The molecular formula is C14H16Cl2N2S. The number of hydrogen-bond donors (Lipinski definition) is 0. The van der Waals surface area contributed by atoms with Crippen molar-refractivity contribution in [1.82, 2.24) is 9.88 Å². The van der Waals surface area contributed by atoms with Gasteiger partial charge in [-0.2, -0.15) is 0 Å². The molecule has 0 spiro atoms. The van der Waals surface area contributed by atoms with Crippen molar-refractivity contribution in [3.05, 3.63) is 50.9 Å². The molecule has 102 valence electrons. The molecule has 2 aromatic rings. The molecule has 0 radical (unpaired) electrons. The molecule has 5 heteroatoms. The maximum Gasteiger partial charge on any atom is 0.110 e. The summed E-state index contributed by atoms with van der Waals surface area (Å²) in [6.07, 6.45) is 0.